The number of rotatable bonds is 2. The van der Waals surface area contributed by atoms with Crippen LogP contribution in [-0.4, -0.2) is 40.5 Å². The summed E-state index contributed by atoms with van der Waals surface area (Å²) in [4.78, 5) is 14.5. The number of hydrogen-bond donors (Lipinski definition) is 0. The van der Waals surface area contributed by atoms with Crippen molar-refractivity contribution in [2.75, 3.05) is 19.9 Å². The minimum atomic E-state index is 0.0206. The zero-order valence-corrected chi connectivity index (χ0v) is 13.1. The smallest absolute Gasteiger partial charge is 0.274 e. The van der Waals surface area contributed by atoms with Gasteiger partial charge in [-0.3, -0.25) is 9.48 Å². The Morgan fingerprint density at radius 2 is 1.87 bits per heavy atom. The van der Waals surface area contributed by atoms with Gasteiger partial charge >= 0.3 is 0 Å². The zero-order chi connectivity index (χ0) is 15.8. The van der Waals surface area contributed by atoms with Crippen LogP contribution in [0.25, 0.3) is 11.3 Å². The minimum absolute atomic E-state index is 0.0206. The van der Waals surface area contributed by atoms with Crippen LogP contribution in [0.3, 0.4) is 0 Å². The number of aromatic nitrogens is 2. The Kier molecular flexibility index (Phi) is 3.44. The number of aryl methyl sites for hydroxylation is 1. The van der Waals surface area contributed by atoms with Crippen LogP contribution in [0, 0.1) is 0 Å². The molecule has 2 aliphatic rings. The Morgan fingerprint density at radius 1 is 1.09 bits per heavy atom. The molecule has 23 heavy (non-hydrogen) atoms. The van der Waals surface area contributed by atoms with E-state index >= 15 is 0 Å². The van der Waals surface area contributed by atoms with Crippen molar-refractivity contribution in [3.05, 3.63) is 30.0 Å². The molecule has 6 heteroatoms. The van der Waals surface area contributed by atoms with Gasteiger partial charge in [0.1, 0.15) is 0 Å². The molecule has 3 heterocycles. The SMILES string of the molecule is Cn1nc(C(=O)N2CCCCC2)cc1-c1ccc2c(c1)OCO2. The van der Waals surface area contributed by atoms with E-state index in [0.717, 1.165) is 48.7 Å². The number of carbonyl (C=O) groups excluding carboxylic acids is 1. The summed E-state index contributed by atoms with van der Waals surface area (Å²) in [5.41, 5.74) is 2.35. The van der Waals surface area contributed by atoms with E-state index in [1.54, 1.807) is 4.68 Å². The lowest BCUT2D eigenvalue weighted by molar-refractivity contribution is 0.0717. The number of amides is 1. The molecule has 0 saturated carbocycles. The lowest BCUT2D eigenvalue weighted by Gasteiger charge is -2.25. The average Bonchev–Trinajstić information content (AvgIpc) is 3.20. The van der Waals surface area contributed by atoms with Crippen molar-refractivity contribution in [2.45, 2.75) is 19.3 Å². The van der Waals surface area contributed by atoms with Gasteiger partial charge in [-0.2, -0.15) is 5.10 Å². The van der Waals surface area contributed by atoms with E-state index in [0.29, 0.717) is 5.69 Å². The highest BCUT2D eigenvalue weighted by Gasteiger charge is 2.22. The van der Waals surface area contributed by atoms with Crippen molar-refractivity contribution in [2.24, 2.45) is 7.05 Å². The van der Waals surface area contributed by atoms with Crippen molar-refractivity contribution in [1.82, 2.24) is 14.7 Å². The molecule has 0 radical (unpaired) electrons. The first kappa shape index (κ1) is 14.1. The van der Waals surface area contributed by atoms with Gasteiger partial charge in [0.15, 0.2) is 17.2 Å². The summed E-state index contributed by atoms with van der Waals surface area (Å²) in [5, 5.41) is 4.41. The maximum atomic E-state index is 12.6. The lowest BCUT2D eigenvalue weighted by Crippen LogP contribution is -2.35. The van der Waals surface area contributed by atoms with Crippen LogP contribution in [-0.2, 0) is 7.05 Å². The Morgan fingerprint density at radius 3 is 2.70 bits per heavy atom. The first-order valence-corrected chi connectivity index (χ1v) is 7.96. The molecule has 4 rings (SSSR count). The first-order chi connectivity index (χ1) is 11.2. The summed E-state index contributed by atoms with van der Waals surface area (Å²) in [6, 6.07) is 7.62. The molecule has 0 bridgehead atoms. The van der Waals surface area contributed by atoms with Crippen molar-refractivity contribution >= 4 is 5.91 Å². The molecule has 1 aromatic heterocycles. The summed E-state index contributed by atoms with van der Waals surface area (Å²) < 4.78 is 12.5. The van der Waals surface area contributed by atoms with E-state index in [9.17, 15) is 4.79 Å². The van der Waals surface area contributed by atoms with Crippen LogP contribution in [0.2, 0.25) is 0 Å². The molecule has 0 aliphatic carbocycles. The molecule has 1 aromatic carbocycles. The molecular formula is C17H19N3O3. The molecule has 2 aromatic rings. The minimum Gasteiger partial charge on any atom is -0.454 e. The fraction of sp³-hybridized carbons (Fsp3) is 0.412. The topological polar surface area (TPSA) is 56.6 Å². The predicted molar refractivity (Wildman–Crippen MR) is 84.5 cm³/mol. The standard InChI is InChI=1S/C17H19N3O3/c1-19-14(12-5-6-15-16(9-12)23-11-22-15)10-13(18-19)17(21)20-7-3-2-4-8-20/h5-6,9-10H,2-4,7-8,11H2,1H3. The van der Waals surface area contributed by atoms with Gasteiger partial charge in [0.25, 0.3) is 5.91 Å². The van der Waals surface area contributed by atoms with Crippen LogP contribution < -0.4 is 9.47 Å². The zero-order valence-electron chi connectivity index (χ0n) is 13.1. The molecule has 0 N–H and O–H groups in total. The van der Waals surface area contributed by atoms with E-state index in [2.05, 4.69) is 5.10 Å². The van der Waals surface area contributed by atoms with Gasteiger partial charge in [0, 0.05) is 25.7 Å². The molecule has 0 atom stereocenters. The largest absolute Gasteiger partial charge is 0.454 e. The third-order valence-corrected chi connectivity index (χ3v) is 4.41. The summed E-state index contributed by atoms with van der Waals surface area (Å²) in [7, 11) is 1.85. The summed E-state index contributed by atoms with van der Waals surface area (Å²) in [6.45, 7) is 1.91. The third-order valence-electron chi connectivity index (χ3n) is 4.41. The van der Waals surface area contributed by atoms with Gasteiger partial charge in [-0.1, -0.05) is 0 Å². The van der Waals surface area contributed by atoms with Crippen molar-refractivity contribution in [3.63, 3.8) is 0 Å². The average molecular weight is 313 g/mol. The maximum absolute atomic E-state index is 12.6. The first-order valence-electron chi connectivity index (χ1n) is 7.96. The van der Waals surface area contributed by atoms with Crippen LogP contribution >= 0.6 is 0 Å². The van der Waals surface area contributed by atoms with Crippen LogP contribution in [0.5, 0.6) is 11.5 Å². The number of hydrogen-bond acceptors (Lipinski definition) is 4. The Labute approximate surface area is 134 Å². The Hall–Kier alpha value is -2.50. The summed E-state index contributed by atoms with van der Waals surface area (Å²) >= 11 is 0. The second kappa shape index (κ2) is 5.61. The monoisotopic (exact) mass is 313 g/mol. The maximum Gasteiger partial charge on any atom is 0.274 e. The number of ether oxygens (including phenoxy) is 2. The van der Waals surface area contributed by atoms with Crippen LogP contribution in [0.1, 0.15) is 29.8 Å². The number of fused-ring (bicyclic) bond motifs is 1. The van der Waals surface area contributed by atoms with E-state index in [1.807, 2.05) is 36.2 Å². The summed E-state index contributed by atoms with van der Waals surface area (Å²) in [5.74, 6) is 1.50. The molecule has 1 saturated heterocycles. The van der Waals surface area contributed by atoms with Crippen molar-refractivity contribution in [3.8, 4) is 22.8 Å². The molecule has 120 valence electrons. The van der Waals surface area contributed by atoms with Gasteiger partial charge < -0.3 is 14.4 Å². The van der Waals surface area contributed by atoms with E-state index in [-0.39, 0.29) is 12.7 Å². The van der Waals surface area contributed by atoms with Gasteiger partial charge in [-0.25, -0.2) is 0 Å². The van der Waals surface area contributed by atoms with Crippen molar-refractivity contribution in [1.29, 1.82) is 0 Å². The molecular weight excluding hydrogens is 294 g/mol. The number of likely N-dealkylation sites (tertiary alicyclic amines) is 1. The predicted octanol–water partition coefficient (Wildman–Crippen LogP) is 2.44. The van der Waals surface area contributed by atoms with Crippen LogP contribution in [0.4, 0.5) is 0 Å². The van der Waals surface area contributed by atoms with E-state index in [4.69, 9.17) is 9.47 Å². The second-order valence-electron chi connectivity index (χ2n) is 5.96. The highest BCUT2D eigenvalue weighted by atomic mass is 16.7. The molecule has 0 spiro atoms. The highest BCUT2D eigenvalue weighted by Crippen LogP contribution is 2.36. The van der Waals surface area contributed by atoms with Crippen LogP contribution in [0.15, 0.2) is 24.3 Å². The lowest BCUT2D eigenvalue weighted by atomic mass is 10.1. The Balaban J connectivity index is 1.63. The number of piperidine rings is 1. The second-order valence-corrected chi connectivity index (χ2v) is 5.96. The van der Waals surface area contributed by atoms with Gasteiger partial charge in [0.05, 0.1) is 5.69 Å². The van der Waals surface area contributed by atoms with E-state index < -0.39 is 0 Å². The Bertz CT molecular complexity index is 748. The van der Waals surface area contributed by atoms with Gasteiger partial charge in [-0.05, 0) is 43.5 Å². The normalized spacial score (nSPS) is 16.7. The molecule has 1 amide bonds. The number of benzene rings is 1. The van der Waals surface area contributed by atoms with Gasteiger partial charge in [-0.15, -0.1) is 0 Å². The fourth-order valence-corrected chi connectivity index (χ4v) is 3.16. The van der Waals surface area contributed by atoms with E-state index in [1.165, 1.54) is 6.42 Å². The van der Waals surface area contributed by atoms with Crippen molar-refractivity contribution < 1.29 is 14.3 Å². The summed E-state index contributed by atoms with van der Waals surface area (Å²) in [6.07, 6.45) is 3.36. The fourth-order valence-electron chi connectivity index (χ4n) is 3.16. The van der Waals surface area contributed by atoms with Gasteiger partial charge in [0.2, 0.25) is 6.79 Å². The highest BCUT2D eigenvalue weighted by molar-refractivity contribution is 5.93. The molecule has 1 fully saturated rings. The molecule has 0 unspecified atom stereocenters. The molecule has 2 aliphatic heterocycles. The molecule has 6 nitrogen and oxygen atoms in total. The quantitative estimate of drug-likeness (QED) is 0.854. The number of carbonyl (C=O) groups is 1. The third kappa shape index (κ3) is 2.54. The number of nitrogens with zero attached hydrogens (tertiary/aromatic N) is 3.